The second-order valence-electron chi connectivity index (χ2n) is 4.07. The molecule has 7 heteroatoms. The van der Waals surface area contributed by atoms with Crippen LogP contribution in [0.3, 0.4) is 0 Å². The summed E-state index contributed by atoms with van der Waals surface area (Å²) >= 11 is 0. The fraction of sp³-hybridized carbons (Fsp3) is 0.231. The maximum atomic E-state index is 12.0. The molecule has 0 radical (unpaired) electrons. The fourth-order valence-corrected chi connectivity index (χ4v) is 1.68. The van der Waals surface area contributed by atoms with E-state index in [0.717, 1.165) is 0 Å². The zero-order chi connectivity index (χ0) is 14.5. The maximum Gasteiger partial charge on any atom is 0.264 e. The number of H-pyrrole nitrogens is 2. The first-order valence-corrected chi connectivity index (χ1v) is 5.90. The number of nitrogens with one attached hydrogen (secondary N) is 3. The van der Waals surface area contributed by atoms with Crippen molar-refractivity contribution in [1.82, 2.24) is 15.5 Å². The first kappa shape index (κ1) is 13.7. The monoisotopic (exact) mass is 277 g/mol. The lowest BCUT2D eigenvalue weighted by molar-refractivity contribution is 0.0949. The first-order valence-electron chi connectivity index (χ1n) is 5.90. The van der Waals surface area contributed by atoms with E-state index in [4.69, 9.17) is 9.47 Å². The van der Waals surface area contributed by atoms with Crippen molar-refractivity contribution in [3.8, 4) is 11.5 Å². The summed E-state index contributed by atoms with van der Waals surface area (Å²) in [6.45, 7) is 0.219. The van der Waals surface area contributed by atoms with Gasteiger partial charge in [0.1, 0.15) is 11.5 Å². The molecular weight excluding hydrogens is 262 g/mol. The number of carbonyl (C=O) groups is 1. The lowest BCUT2D eigenvalue weighted by atomic mass is 10.2. The minimum atomic E-state index is -0.288. The summed E-state index contributed by atoms with van der Waals surface area (Å²) in [6, 6.07) is 6.28. The highest BCUT2D eigenvalue weighted by Crippen LogP contribution is 2.22. The topological polar surface area (TPSA) is 96.2 Å². The van der Waals surface area contributed by atoms with Gasteiger partial charge in [0.15, 0.2) is 0 Å². The number of carbonyl (C=O) groups excluding carboxylic acids is 1. The maximum absolute atomic E-state index is 12.0. The Morgan fingerprint density at radius 2 is 1.75 bits per heavy atom. The molecular formula is C13H15N3O4. The van der Waals surface area contributed by atoms with E-state index in [1.807, 2.05) is 0 Å². The van der Waals surface area contributed by atoms with E-state index in [2.05, 4.69) is 15.5 Å². The Balaban J connectivity index is 2.10. The van der Waals surface area contributed by atoms with Crippen LogP contribution in [-0.4, -0.2) is 30.3 Å². The van der Waals surface area contributed by atoms with E-state index in [0.29, 0.717) is 22.8 Å². The van der Waals surface area contributed by atoms with E-state index in [-0.39, 0.29) is 18.0 Å². The van der Waals surface area contributed by atoms with Crippen LogP contribution in [0.25, 0.3) is 0 Å². The van der Waals surface area contributed by atoms with Gasteiger partial charge >= 0.3 is 0 Å². The first-order chi connectivity index (χ1) is 9.62. The van der Waals surface area contributed by atoms with E-state index in [1.165, 1.54) is 20.3 Å². The van der Waals surface area contributed by atoms with Gasteiger partial charge in [-0.25, -0.2) is 0 Å². The van der Waals surface area contributed by atoms with Crippen LogP contribution in [0, 0.1) is 0 Å². The fourth-order valence-electron chi connectivity index (χ4n) is 1.68. The molecule has 1 aromatic heterocycles. The predicted molar refractivity (Wildman–Crippen MR) is 72.1 cm³/mol. The number of benzene rings is 1. The molecule has 2 rings (SSSR count). The molecule has 0 unspecified atom stereocenters. The van der Waals surface area contributed by atoms with Crippen molar-refractivity contribution < 1.29 is 14.3 Å². The Kier molecular flexibility index (Phi) is 4.09. The summed E-state index contributed by atoms with van der Waals surface area (Å²) in [5.74, 6) is 0.776. The molecule has 1 heterocycles. The Bertz CT molecular complexity index is 637. The molecule has 0 spiro atoms. The van der Waals surface area contributed by atoms with Crippen LogP contribution in [0.4, 0.5) is 0 Å². The molecule has 3 N–H and O–H groups in total. The summed E-state index contributed by atoms with van der Waals surface area (Å²) in [7, 11) is 3.03. The summed E-state index contributed by atoms with van der Waals surface area (Å²) in [5, 5.41) is 7.74. The Morgan fingerprint density at radius 1 is 1.10 bits per heavy atom. The van der Waals surface area contributed by atoms with Gasteiger partial charge in [-0.3, -0.25) is 14.7 Å². The van der Waals surface area contributed by atoms with Crippen LogP contribution < -0.4 is 20.3 Å². The number of amides is 1. The third-order valence-corrected chi connectivity index (χ3v) is 2.70. The normalized spacial score (nSPS) is 10.1. The van der Waals surface area contributed by atoms with Crippen molar-refractivity contribution in [2.75, 3.05) is 14.2 Å². The van der Waals surface area contributed by atoms with Crippen molar-refractivity contribution >= 4 is 5.91 Å². The van der Waals surface area contributed by atoms with Crippen LogP contribution >= 0.6 is 0 Å². The van der Waals surface area contributed by atoms with Gasteiger partial charge in [-0.2, -0.15) is 0 Å². The van der Waals surface area contributed by atoms with Crippen molar-refractivity contribution in [1.29, 1.82) is 0 Å². The summed E-state index contributed by atoms with van der Waals surface area (Å²) in [5.41, 5.74) is 0.773. The molecule has 0 bridgehead atoms. The molecule has 0 saturated carbocycles. The van der Waals surface area contributed by atoms with Gasteiger partial charge in [0.05, 0.1) is 26.5 Å². The number of methoxy groups -OCH3 is 2. The molecule has 0 fully saturated rings. The van der Waals surface area contributed by atoms with Crippen LogP contribution in [0.2, 0.25) is 0 Å². The van der Waals surface area contributed by atoms with E-state index in [1.54, 1.807) is 18.2 Å². The smallest absolute Gasteiger partial charge is 0.264 e. The molecule has 0 aliphatic rings. The van der Waals surface area contributed by atoms with Crippen molar-refractivity contribution in [2.24, 2.45) is 0 Å². The van der Waals surface area contributed by atoms with Gasteiger partial charge in [0.2, 0.25) is 0 Å². The summed E-state index contributed by atoms with van der Waals surface area (Å²) < 4.78 is 10.2. The zero-order valence-electron chi connectivity index (χ0n) is 11.1. The Morgan fingerprint density at radius 3 is 2.25 bits per heavy atom. The van der Waals surface area contributed by atoms with Gasteiger partial charge in [-0.05, 0) is 12.1 Å². The van der Waals surface area contributed by atoms with Crippen molar-refractivity contribution in [3.05, 3.63) is 45.9 Å². The van der Waals surface area contributed by atoms with Crippen LogP contribution in [0.15, 0.2) is 29.1 Å². The second-order valence-corrected chi connectivity index (χ2v) is 4.07. The number of ether oxygens (including phenoxy) is 2. The number of aromatic nitrogens is 2. The molecule has 1 aromatic carbocycles. The number of aromatic amines is 2. The van der Waals surface area contributed by atoms with Gasteiger partial charge < -0.3 is 19.9 Å². The third kappa shape index (κ3) is 3.19. The van der Waals surface area contributed by atoms with E-state index in [9.17, 15) is 9.59 Å². The molecule has 0 aliphatic heterocycles. The van der Waals surface area contributed by atoms with E-state index < -0.39 is 0 Å². The van der Waals surface area contributed by atoms with Gasteiger partial charge in [-0.1, -0.05) is 0 Å². The van der Waals surface area contributed by atoms with Gasteiger partial charge in [-0.15, -0.1) is 0 Å². The predicted octanol–water partition coefficient (Wildman–Crippen LogP) is 0.650. The van der Waals surface area contributed by atoms with Crippen LogP contribution in [0.5, 0.6) is 11.5 Å². The molecule has 7 nitrogen and oxygen atoms in total. The largest absolute Gasteiger partial charge is 0.497 e. The summed E-state index contributed by atoms with van der Waals surface area (Å²) in [6.07, 6.45) is 0. The molecule has 1 amide bonds. The minimum Gasteiger partial charge on any atom is -0.497 e. The Labute approximate surface area is 114 Å². The van der Waals surface area contributed by atoms with Crippen molar-refractivity contribution in [3.63, 3.8) is 0 Å². The quantitative estimate of drug-likeness (QED) is 0.747. The van der Waals surface area contributed by atoms with Crippen LogP contribution in [-0.2, 0) is 6.54 Å². The molecule has 0 saturated heterocycles. The average Bonchev–Trinajstić information content (AvgIpc) is 2.89. The highest BCUT2D eigenvalue weighted by atomic mass is 16.5. The number of rotatable bonds is 5. The lowest BCUT2D eigenvalue weighted by Gasteiger charge is -2.08. The molecule has 20 heavy (non-hydrogen) atoms. The molecule has 0 aliphatic carbocycles. The zero-order valence-corrected chi connectivity index (χ0v) is 11.1. The van der Waals surface area contributed by atoms with Gasteiger partial charge in [0.25, 0.3) is 11.5 Å². The number of hydrogen-bond donors (Lipinski definition) is 3. The lowest BCUT2D eigenvalue weighted by Crippen LogP contribution is -2.23. The van der Waals surface area contributed by atoms with E-state index >= 15 is 0 Å². The standard InChI is InChI=1S/C13H15N3O4/c1-19-10-3-8(4-11(6-10)20-2)13(18)14-7-9-5-12(17)16-15-9/h3-6H,7H2,1-2H3,(H,14,18)(H2,15,16,17). The Hall–Kier alpha value is -2.70. The summed E-state index contributed by atoms with van der Waals surface area (Å²) in [4.78, 5) is 23.0. The average molecular weight is 277 g/mol. The number of hydrogen-bond acceptors (Lipinski definition) is 4. The van der Waals surface area contributed by atoms with Gasteiger partial charge in [0, 0.05) is 17.7 Å². The molecule has 106 valence electrons. The van der Waals surface area contributed by atoms with Crippen molar-refractivity contribution in [2.45, 2.75) is 6.54 Å². The minimum absolute atomic E-state index is 0.219. The molecule has 2 aromatic rings. The second kappa shape index (κ2) is 5.96. The highest BCUT2D eigenvalue weighted by molar-refractivity contribution is 5.95. The van der Waals surface area contributed by atoms with Crippen LogP contribution in [0.1, 0.15) is 16.1 Å². The highest BCUT2D eigenvalue weighted by Gasteiger charge is 2.10. The third-order valence-electron chi connectivity index (χ3n) is 2.70. The SMILES string of the molecule is COc1cc(OC)cc(C(=O)NCc2cc(=O)[nH][nH]2)c1. The molecule has 0 atom stereocenters.